The van der Waals surface area contributed by atoms with Gasteiger partial charge < -0.3 is 24.6 Å². The first kappa shape index (κ1) is 38.2. The van der Waals surface area contributed by atoms with E-state index in [1.54, 1.807) is 19.1 Å². The summed E-state index contributed by atoms with van der Waals surface area (Å²) in [6.07, 6.45) is -2.72. The number of alkyl carbamates (subject to hydrolysis) is 1. The number of hydrogen-bond donors (Lipinski definition) is 3. The molecule has 2 atom stereocenters. The first-order valence-electron chi connectivity index (χ1n) is 16.0. The van der Waals surface area contributed by atoms with E-state index in [9.17, 15) is 36.3 Å². The molecule has 1 aromatic heterocycles. The highest BCUT2D eigenvalue weighted by Crippen LogP contribution is 2.42. The molecule has 2 heterocycles. The zero-order valence-corrected chi connectivity index (χ0v) is 28.5. The highest BCUT2D eigenvalue weighted by Gasteiger charge is 2.43. The average molecular weight is 720 g/mol. The summed E-state index contributed by atoms with van der Waals surface area (Å²) in [5, 5.41) is 13.5. The zero-order valence-electron chi connectivity index (χ0n) is 27.7. The third kappa shape index (κ3) is 10.2. The molecule has 0 radical (unpaired) electrons. The van der Waals surface area contributed by atoms with Crippen molar-refractivity contribution in [2.75, 3.05) is 31.6 Å². The second-order valence-electron chi connectivity index (χ2n) is 11.8. The Morgan fingerprint density at radius 3 is 2.48 bits per heavy atom. The molecule has 1 aliphatic heterocycles. The number of carbonyl (C=O) groups excluding carboxylic acids is 2. The standard InChI is InChI=1S/C35H40F3N3O8S/c1-3-28(25-11-7-12-27(21-25)41-50(45,46)30-14-13-26(23-40-30)35(36,37)38)31-29(42)22-34(49-32(31)43,17-15-24-9-5-4-6-10-24)16-8-18-39-33(44)48-20-19-47-2/h4-7,9-14,21,23,28,41-42H,3,8,15-20,22H2,1-2H3,(H,39,44)/t28-,34-/m1/s1. The van der Waals surface area contributed by atoms with Crippen LogP contribution in [0.5, 0.6) is 0 Å². The Morgan fingerprint density at radius 1 is 1.08 bits per heavy atom. The number of methoxy groups -OCH3 is 1. The number of hydrogen-bond acceptors (Lipinski definition) is 9. The number of esters is 1. The minimum atomic E-state index is -4.68. The van der Waals surface area contributed by atoms with Crippen molar-refractivity contribution in [3.8, 4) is 0 Å². The molecule has 0 unspecified atom stereocenters. The van der Waals surface area contributed by atoms with Crippen LogP contribution in [0.25, 0.3) is 0 Å². The molecular formula is C35H40F3N3O8S. The van der Waals surface area contributed by atoms with Crippen LogP contribution < -0.4 is 10.0 Å². The maximum Gasteiger partial charge on any atom is 0.417 e. The molecule has 0 spiro atoms. The summed E-state index contributed by atoms with van der Waals surface area (Å²) in [7, 11) is -2.86. The summed E-state index contributed by atoms with van der Waals surface area (Å²) in [6, 6.07) is 17.2. The number of aliphatic hydroxyl groups excluding tert-OH is 1. The van der Waals surface area contributed by atoms with Crippen LogP contribution in [0.1, 0.15) is 61.6 Å². The van der Waals surface area contributed by atoms with Gasteiger partial charge in [0, 0.05) is 37.9 Å². The van der Waals surface area contributed by atoms with Crippen LogP contribution in [0.3, 0.4) is 0 Å². The van der Waals surface area contributed by atoms with E-state index in [0.29, 0.717) is 49.9 Å². The number of aryl methyl sites for hydroxylation is 1. The van der Waals surface area contributed by atoms with Gasteiger partial charge in [0.1, 0.15) is 18.0 Å². The Morgan fingerprint density at radius 2 is 1.84 bits per heavy atom. The number of cyclic esters (lactones) is 1. The van der Waals surface area contributed by atoms with Crippen molar-refractivity contribution in [3.05, 3.63) is 101 Å². The molecule has 1 amide bonds. The summed E-state index contributed by atoms with van der Waals surface area (Å²) < 4.78 is 83.1. The van der Waals surface area contributed by atoms with Crippen LogP contribution in [-0.2, 0) is 41.6 Å². The highest BCUT2D eigenvalue weighted by atomic mass is 32.2. The molecule has 15 heteroatoms. The molecule has 2 aromatic carbocycles. The number of pyridine rings is 1. The van der Waals surface area contributed by atoms with Crippen molar-refractivity contribution in [1.82, 2.24) is 10.3 Å². The Kier molecular flexibility index (Phi) is 12.9. The van der Waals surface area contributed by atoms with Crippen LogP contribution in [0.2, 0.25) is 0 Å². The number of aliphatic hydroxyl groups is 1. The van der Waals surface area contributed by atoms with Crippen molar-refractivity contribution in [2.24, 2.45) is 0 Å². The van der Waals surface area contributed by atoms with E-state index in [1.165, 1.54) is 19.2 Å². The molecule has 3 aromatic rings. The van der Waals surface area contributed by atoms with E-state index in [0.717, 1.165) is 11.6 Å². The first-order valence-corrected chi connectivity index (χ1v) is 17.5. The third-order valence-corrected chi connectivity index (χ3v) is 9.57. The summed E-state index contributed by atoms with van der Waals surface area (Å²) in [4.78, 5) is 29.2. The molecule has 0 bridgehead atoms. The lowest BCUT2D eigenvalue weighted by atomic mass is 9.80. The van der Waals surface area contributed by atoms with Gasteiger partial charge >= 0.3 is 18.2 Å². The number of halogens is 3. The third-order valence-electron chi connectivity index (χ3n) is 8.28. The summed E-state index contributed by atoms with van der Waals surface area (Å²) in [5.74, 6) is -1.53. The van der Waals surface area contributed by atoms with Gasteiger partial charge in [0.05, 0.1) is 17.7 Å². The van der Waals surface area contributed by atoms with E-state index in [4.69, 9.17) is 14.2 Å². The number of anilines is 1. The predicted molar refractivity (Wildman–Crippen MR) is 178 cm³/mol. The molecule has 11 nitrogen and oxygen atoms in total. The van der Waals surface area contributed by atoms with Crippen LogP contribution in [-0.4, -0.2) is 63.0 Å². The van der Waals surface area contributed by atoms with Gasteiger partial charge in [0.25, 0.3) is 10.0 Å². The van der Waals surface area contributed by atoms with Crippen LogP contribution >= 0.6 is 0 Å². The van der Waals surface area contributed by atoms with Crippen molar-refractivity contribution >= 4 is 27.8 Å². The fraction of sp³-hybridized carbons (Fsp3) is 0.400. The van der Waals surface area contributed by atoms with E-state index >= 15 is 0 Å². The van der Waals surface area contributed by atoms with Gasteiger partial charge in [-0.3, -0.25) is 4.72 Å². The van der Waals surface area contributed by atoms with E-state index in [1.807, 2.05) is 30.3 Å². The van der Waals surface area contributed by atoms with E-state index in [-0.39, 0.29) is 43.2 Å². The Hall–Kier alpha value is -4.63. The van der Waals surface area contributed by atoms with E-state index in [2.05, 4.69) is 15.0 Å². The van der Waals surface area contributed by atoms with E-state index < -0.39 is 50.4 Å². The van der Waals surface area contributed by atoms with Gasteiger partial charge in [-0.2, -0.15) is 21.6 Å². The van der Waals surface area contributed by atoms with Gasteiger partial charge in [-0.1, -0.05) is 49.4 Å². The number of aromatic nitrogens is 1. The molecule has 270 valence electrons. The molecule has 3 N–H and O–H groups in total. The van der Waals surface area contributed by atoms with Crippen LogP contribution in [0.4, 0.5) is 23.7 Å². The Balaban J connectivity index is 1.53. The number of nitrogens with one attached hydrogen (secondary N) is 2. The number of amides is 1. The average Bonchev–Trinajstić information content (AvgIpc) is 3.08. The number of rotatable bonds is 16. The second-order valence-corrected chi connectivity index (χ2v) is 13.5. The predicted octanol–water partition coefficient (Wildman–Crippen LogP) is 6.68. The fourth-order valence-electron chi connectivity index (χ4n) is 5.78. The first-order chi connectivity index (χ1) is 23.8. The van der Waals surface area contributed by atoms with Gasteiger partial charge in [-0.25, -0.2) is 14.6 Å². The van der Waals surface area contributed by atoms with Gasteiger partial charge in [0.2, 0.25) is 0 Å². The highest BCUT2D eigenvalue weighted by molar-refractivity contribution is 7.92. The molecule has 0 fully saturated rings. The smallest absolute Gasteiger partial charge is 0.417 e. The number of sulfonamides is 1. The lowest BCUT2D eigenvalue weighted by Gasteiger charge is -2.39. The topological polar surface area (TPSA) is 153 Å². The Labute approximate surface area is 288 Å². The van der Waals surface area contributed by atoms with Gasteiger partial charge in [0.15, 0.2) is 5.03 Å². The number of nitrogens with zero attached hydrogens (tertiary/aromatic N) is 1. The SMILES string of the molecule is CC[C@@H](C1=C(O)C[C@@](CCCNC(=O)OCCOC)(CCc2ccccc2)OC1=O)c1cccc(NS(=O)(=O)c2ccc(C(F)(F)F)cn2)c1. The molecule has 0 saturated heterocycles. The van der Waals surface area contributed by atoms with Crippen molar-refractivity contribution in [2.45, 2.75) is 68.2 Å². The Bertz CT molecular complexity index is 1750. The van der Waals surface area contributed by atoms with Gasteiger partial charge in [-0.05, 0) is 67.5 Å². The minimum absolute atomic E-state index is 0.0294. The molecular weight excluding hydrogens is 679 g/mol. The molecule has 1 aliphatic rings. The van der Waals surface area contributed by atoms with Crippen LogP contribution in [0, 0.1) is 0 Å². The van der Waals surface area contributed by atoms with Crippen molar-refractivity contribution < 1.29 is 50.5 Å². The van der Waals surface area contributed by atoms with Crippen LogP contribution in [0.15, 0.2) is 89.3 Å². The fourth-order valence-corrected chi connectivity index (χ4v) is 6.76. The second kappa shape index (κ2) is 16.9. The molecule has 0 aliphatic carbocycles. The molecule has 4 rings (SSSR count). The lowest BCUT2D eigenvalue weighted by Crippen LogP contribution is -2.42. The molecule has 0 saturated carbocycles. The maximum absolute atomic E-state index is 13.7. The lowest BCUT2D eigenvalue weighted by molar-refractivity contribution is -0.161. The number of carbonyl (C=O) groups is 2. The monoisotopic (exact) mass is 719 g/mol. The van der Waals surface area contributed by atoms with Crippen molar-refractivity contribution in [3.63, 3.8) is 0 Å². The quantitative estimate of drug-likeness (QED) is 0.109. The zero-order chi connectivity index (χ0) is 36.4. The number of benzene rings is 2. The maximum atomic E-state index is 13.7. The number of ether oxygens (including phenoxy) is 3. The minimum Gasteiger partial charge on any atom is -0.512 e. The largest absolute Gasteiger partial charge is 0.512 e. The van der Waals surface area contributed by atoms with Crippen molar-refractivity contribution in [1.29, 1.82) is 0 Å². The summed E-state index contributed by atoms with van der Waals surface area (Å²) in [6.45, 7) is 2.41. The molecule has 50 heavy (non-hydrogen) atoms. The number of alkyl halides is 3. The summed E-state index contributed by atoms with van der Waals surface area (Å²) >= 11 is 0. The van der Waals surface area contributed by atoms with Gasteiger partial charge in [-0.15, -0.1) is 0 Å². The normalized spacial score (nSPS) is 17.2. The summed E-state index contributed by atoms with van der Waals surface area (Å²) in [5.41, 5.74) is -0.499.